The van der Waals surface area contributed by atoms with Crippen LogP contribution in [0.2, 0.25) is 0 Å². The molecule has 3 heterocycles. The molecule has 0 spiro atoms. The normalized spacial score (nSPS) is 18.7. The fraction of sp³-hybridized carbons (Fsp3) is 0.385. The molecular formula is C26H32N4S. The van der Waals surface area contributed by atoms with Crippen LogP contribution in [0.15, 0.2) is 48.7 Å². The minimum Gasteiger partial charge on any atom is -0.352 e. The first-order chi connectivity index (χ1) is 14.8. The van der Waals surface area contributed by atoms with Gasteiger partial charge in [-0.3, -0.25) is 4.98 Å². The highest BCUT2D eigenvalue weighted by molar-refractivity contribution is 7.80. The van der Waals surface area contributed by atoms with E-state index < -0.39 is 0 Å². The lowest BCUT2D eigenvalue weighted by Gasteiger charge is -2.29. The first-order valence-electron chi connectivity index (χ1n) is 11.0. The van der Waals surface area contributed by atoms with Gasteiger partial charge in [-0.15, -0.1) is 0 Å². The Bertz CT molecular complexity index is 1080. The molecule has 1 N–H and O–H groups in total. The number of thiocarbonyl (C=S) groups is 1. The standard InChI is InChI=1S/C26H32N4S/c1-16(2)15-29-25(24(28-26(29)31)23-9-7-8-10-27-23)22-14-19(5)30(20(22)6)21-12-17(3)11-18(4)13-21/h7-14,16,24-25H,15H2,1-6H3,(H,28,31). The summed E-state index contributed by atoms with van der Waals surface area (Å²) in [6.07, 6.45) is 1.86. The van der Waals surface area contributed by atoms with E-state index in [4.69, 9.17) is 12.2 Å². The van der Waals surface area contributed by atoms with Crippen molar-refractivity contribution in [1.82, 2.24) is 19.8 Å². The summed E-state index contributed by atoms with van der Waals surface area (Å²) in [6.45, 7) is 14.1. The molecule has 2 unspecified atom stereocenters. The molecule has 0 aliphatic carbocycles. The second-order valence-electron chi connectivity index (χ2n) is 9.18. The van der Waals surface area contributed by atoms with Crippen molar-refractivity contribution in [3.05, 3.63) is 82.4 Å². The second-order valence-corrected chi connectivity index (χ2v) is 9.57. The number of aromatic nitrogens is 2. The Balaban J connectivity index is 1.85. The third-order valence-electron chi connectivity index (χ3n) is 6.01. The maximum Gasteiger partial charge on any atom is 0.170 e. The molecule has 1 aliphatic rings. The molecule has 2 aromatic heterocycles. The van der Waals surface area contributed by atoms with E-state index in [0.29, 0.717) is 5.92 Å². The summed E-state index contributed by atoms with van der Waals surface area (Å²) in [7, 11) is 0. The van der Waals surface area contributed by atoms with Crippen LogP contribution in [-0.4, -0.2) is 26.1 Å². The van der Waals surface area contributed by atoms with Crippen molar-refractivity contribution in [3.8, 4) is 5.69 Å². The SMILES string of the molecule is Cc1cc(C)cc(-n2c(C)cc(C3C(c4ccccn4)NC(=S)N3CC(C)C)c2C)c1. The van der Waals surface area contributed by atoms with E-state index in [1.165, 1.54) is 33.8 Å². The van der Waals surface area contributed by atoms with Crippen molar-refractivity contribution in [1.29, 1.82) is 0 Å². The third kappa shape index (κ3) is 4.11. The largest absolute Gasteiger partial charge is 0.352 e. The summed E-state index contributed by atoms with van der Waals surface area (Å²) in [5.74, 6) is 0.507. The van der Waals surface area contributed by atoms with E-state index in [0.717, 1.165) is 17.4 Å². The number of nitrogens with zero attached hydrogens (tertiary/aromatic N) is 3. The third-order valence-corrected chi connectivity index (χ3v) is 6.37. The van der Waals surface area contributed by atoms with Crippen LogP contribution >= 0.6 is 12.2 Å². The molecule has 31 heavy (non-hydrogen) atoms. The molecule has 1 aliphatic heterocycles. The molecule has 3 aromatic rings. The smallest absolute Gasteiger partial charge is 0.170 e. The van der Waals surface area contributed by atoms with Gasteiger partial charge < -0.3 is 14.8 Å². The molecular weight excluding hydrogens is 400 g/mol. The fourth-order valence-corrected chi connectivity index (χ4v) is 5.21. The van der Waals surface area contributed by atoms with Gasteiger partial charge in [0, 0.05) is 29.8 Å². The van der Waals surface area contributed by atoms with E-state index in [-0.39, 0.29) is 12.1 Å². The Morgan fingerprint density at radius 3 is 2.35 bits per heavy atom. The molecule has 1 saturated heterocycles. The number of nitrogens with one attached hydrogen (secondary N) is 1. The van der Waals surface area contributed by atoms with E-state index in [1.807, 2.05) is 18.3 Å². The number of pyridine rings is 1. The quantitative estimate of drug-likeness (QED) is 0.522. The van der Waals surface area contributed by atoms with Gasteiger partial charge in [0.2, 0.25) is 0 Å². The first kappa shape index (κ1) is 21.6. The minimum atomic E-state index is 0.0284. The van der Waals surface area contributed by atoms with Crippen LogP contribution in [0.1, 0.15) is 59.7 Å². The maximum atomic E-state index is 5.80. The van der Waals surface area contributed by atoms with Crippen molar-refractivity contribution in [3.63, 3.8) is 0 Å². The fourth-order valence-electron chi connectivity index (χ4n) is 4.90. The molecule has 0 saturated carbocycles. The lowest BCUT2D eigenvalue weighted by atomic mass is 9.96. The molecule has 4 rings (SSSR count). The molecule has 0 amide bonds. The number of hydrogen-bond donors (Lipinski definition) is 1. The Hall–Kier alpha value is -2.66. The summed E-state index contributed by atoms with van der Waals surface area (Å²) in [5, 5.41) is 4.38. The lowest BCUT2D eigenvalue weighted by Crippen LogP contribution is -2.33. The highest BCUT2D eigenvalue weighted by Crippen LogP contribution is 2.41. The van der Waals surface area contributed by atoms with E-state index >= 15 is 0 Å². The number of hydrogen-bond acceptors (Lipinski definition) is 2. The number of aryl methyl sites for hydroxylation is 3. The molecule has 1 aromatic carbocycles. The Labute approximate surface area is 191 Å². The zero-order chi connectivity index (χ0) is 22.3. The summed E-state index contributed by atoms with van der Waals surface area (Å²) in [6, 6.07) is 15.3. The van der Waals surface area contributed by atoms with Crippen molar-refractivity contribution in [2.75, 3.05) is 6.54 Å². The van der Waals surface area contributed by atoms with Gasteiger partial charge in [-0.05, 0) is 92.9 Å². The molecule has 0 radical (unpaired) electrons. The molecule has 1 fully saturated rings. The van der Waals surface area contributed by atoms with Crippen LogP contribution < -0.4 is 5.32 Å². The Morgan fingerprint density at radius 1 is 1.03 bits per heavy atom. The molecule has 5 heteroatoms. The molecule has 2 atom stereocenters. The Morgan fingerprint density at radius 2 is 1.74 bits per heavy atom. The van der Waals surface area contributed by atoms with Gasteiger partial charge in [0.1, 0.15) is 0 Å². The van der Waals surface area contributed by atoms with E-state index in [9.17, 15) is 0 Å². The first-order valence-corrected chi connectivity index (χ1v) is 11.4. The van der Waals surface area contributed by atoms with Crippen LogP contribution in [-0.2, 0) is 0 Å². The van der Waals surface area contributed by atoms with Crippen molar-refractivity contribution in [2.24, 2.45) is 5.92 Å². The van der Waals surface area contributed by atoms with E-state index in [2.05, 4.69) is 91.6 Å². The maximum absolute atomic E-state index is 5.80. The van der Waals surface area contributed by atoms with Crippen molar-refractivity contribution < 1.29 is 0 Å². The highest BCUT2D eigenvalue weighted by atomic mass is 32.1. The van der Waals surface area contributed by atoms with E-state index in [1.54, 1.807) is 0 Å². The molecule has 0 bridgehead atoms. The lowest BCUT2D eigenvalue weighted by molar-refractivity contribution is 0.287. The van der Waals surface area contributed by atoms with Crippen molar-refractivity contribution >= 4 is 17.3 Å². The Kier molecular flexibility index (Phi) is 5.89. The zero-order valence-electron chi connectivity index (χ0n) is 19.3. The summed E-state index contributed by atoms with van der Waals surface area (Å²) < 4.78 is 2.37. The van der Waals surface area contributed by atoms with Crippen LogP contribution in [0, 0.1) is 33.6 Å². The molecule has 162 valence electrons. The van der Waals surface area contributed by atoms with Gasteiger partial charge >= 0.3 is 0 Å². The number of rotatable bonds is 5. The van der Waals surface area contributed by atoms with Gasteiger partial charge in [-0.1, -0.05) is 26.0 Å². The van der Waals surface area contributed by atoms with Crippen LogP contribution in [0.3, 0.4) is 0 Å². The van der Waals surface area contributed by atoms with Gasteiger partial charge in [-0.25, -0.2) is 0 Å². The molecule has 4 nitrogen and oxygen atoms in total. The van der Waals surface area contributed by atoms with Crippen LogP contribution in [0.4, 0.5) is 0 Å². The average Bonchev–Trinajstić information content (AvgIpc) is 3.17. The average molecular weight is 433 g/mol. The predicted octanol–water partition coefficient (Wildman–Crippen LogP) is 5.73. The highest BCUT2D eigenvalue weighted by Gasteiger charge is 2.41. The second kappa shape index (κ2) is 8.46. The zero-order valence-corrected chi connectivity index (χ0v) is 20.1. The van der Waals surface area contributed by atoms with Gasteiger partial charge in [0.25, 0.3) is 0 Å². The monoisotopic (exact) mass is 432 g/mol. The van der Waals surface area contributed by atoms with Crippen LogP contribution in [0.25, 0.3) is 5.69 Å². The van der Waals surface area contributed by atoms with Gasteiger partial charge in [-0.2, -0.15) is 0 Å². The van der Waals surface area contributed by atoms with Crippen LogP contribution in [0.5, 0.6) is 0 Å². The summed E-state index contributed by atoms with van der Waals surface area (Å²) in [5.41, 5.74) is 8.60. The van der Waals surface area contributed by atoms with Crippen molar-refractivity contribution in [2.45, 2.75) is 53.6 Å². The number of benzene rings is 1. The summed E-state index contributed by atoms with van der Waals surface area (Å²) >= 11 is 5.80. The summed E-state index contributed by atoms with van der Waals surface area (Å²) in [4.78, 5) is 7.02. The van der Waals surface area contributed by atoms with Gasteiger partial charge in [0.15, 0.2) is 5.11 Å². The minimum absolute atomic E-state index is 0.0284. The van der Waals surface area contributed by atoms with Gasteiger partial charge in [0.05, 0.1) is 17.8 Å². The predicted molar refractivity (Wildman–Crippen MR) is 132 cm³/mol. The topological polar surface area (TPSA) is 33.1 Å².